The summed E-state index contributed by atoms with van der Waals surface area (Å²) in [6.45, 7) is 0.324. The number of carbonyl (C=O) groups excluding carboxylic acids is 1. The van der Waals surface area contributed by atoms with Crippen molar-refractivity contribution in [3.63, 3.8) is 0 Å². The summed E-state index contributed by atoms with van der Waals surface area (Å²) in [6, 6.07) is 5.22. The van der Waals surface area contributed by atoms with Crippen molar-refractivity contribution in [3.05, 3.63) is 34.9 Å². The van der Waals surface area contributed by atoms with E-state index in [4.69, 9.17) is 18.0 Å². The Labute approximate surface area is 120 Å². The van der Waals surface area contributed by atoms with Crippen LogP contribution in [0.4, 0.5) is 0 Å². The van der Waals surface area contributed by atoms with Crippen LogP contribution in [-0.4, -0.2) is 43.6 Å². The zero-order chi connectivity index (χ0) is 14.7. The molecule has 2 rings (SSSR count). The maximum atomic E-state index is 12.0. The molecule has 0 aliphatic carbocycles. The maximum Gasteiger partial charge on any atom is 0.350 e. The minimum Gasteiger partial charge on any atom is -0.393 e. The molecule has 0 unspecified atom stereocenters. The molecule has 0 aliphatic heterocycles. The number of nitrogens with two attached hydrogens (primary N) is 1. The first-order valence-electron chi connectivity index (χ1n) is 6.05. The Morgan fingerprint density at radius 3 is 2.90 bits per heavy atom. The number of thiocarbonyl (C=S) groups is 1. The predicted molar refractivity (Wildman–Crippen MR) is 78.5 cm³/mol. The number of rotatable bonds is 5. The van der Waals surface area contributed by atoms with Crippen LogP contribution < -0.4 is 11.4 Å². The van der Waals surface area contributed by atoms with E-state index in [1.165, 1.54) is 9.30 Å². The van der Waals surface area contributed by atoms with E-state index in [1.54, 1.807) is 31.4 Å². The molecule has 0 atom stereocenters. The Morgan fingerprint density at radius 1 is 1.50 bits per heavy atom. The smallest absolute Gasteiger partial charge is 0.350 e. The van der Waals surface area contributed by atoms with E-state index < -0.39 is 0 Å². The molecule has 0 bridgehead atoms. The Morgan fingerprint density at radius 2 is 2.25 bits per heavy atom. The summed E-state index contributed by atoms with van der Waals surface area (Å²) in [4.78, 5) is 25.8. The van der Waals surface area contributed by atoms with E-state index in [1.807, 2.05) is 0 Å². The monoisotopic (exact) mass is 293 g/mol. The first-order valence-corrected chi connectivity index (χ1v) is 6.46. The fourth-order valence-corrected chi connectivity index (χ4v) is 1.81. The van der Waals surface area contributed by atoms with Gasteiger partial charge in [-0.3, -0.25) is 9.20 Å². The van der Waals surface area contributed by atoms with Gasteiger partial charge in [0.25, 0.3) is 0 Å². The number of pyridine rings is 1. The lowest BCUT2D eigenvalue weighted by Gasteiger charge is -2.16. The van der Waals surface area contributed by atoms with Gasteiger partial charge in [-0.2, -0.15) is 0 Å². The lowest BCUT2D eigenvalue weighted by molar-refractivity contribution is -0.130. The molecule has 20 heavy (non-hydrogen) atoms. The topological polar surface area (TPSA) is 85.6 Å². The van der Waals surface area contributed by atoms with Gasteiger partial charge in [0.1, 0.15) is 6.54 Å². The highest BCUT2D eigenvalue weighted by molar-refractivity contribution is 7.80. The molecule has 0 spiro atoms. The van der Waals surface area contributed by atoms with Crippen LogP contribution in [0.15, 0.2) is 29.2 Å². The molecule has 8 heteroatoms. The third kappa shape index (κ3) is 3.02. The Hall–Kier alpha value is -2.22. The number of nitrogens with zero attached hydrogens (tertiary/aromatic N) is 4. The van der Waals surface area contributed by atoms with Crippen LogP contribution in [0, 0.1) is 0 Å². The average molecular weight is 293 g/mol. The van der Waals surface area contributed by atoms with Crippen LogP contribution >= 0.6 is 12.2 Å². The molecular formula is C12H15N5O2S. The summed E-state index contributed by atoms with van der Waals surface area (Å²) in [5.41, 5.74) is 5.57. The van der Waals surface area contributed by atoms with Gasteiger partial charge in [0.2, 0.25) is 5.91 Å². The lowest BCUT2D eigenvalue weighted by Crippen LogP contribution is -2.35. The van der Waals surface area contributed by atoms with Crippen LogP contribution in [0.1, 0.15) is 6.42 Å². The number of hydrogen-bond acceptors (Lipinski definition) is 4. The second kappa shape index (κ2) is 5.83. The van der Waals surface area contributed by atoms with Crippen LogP contribution in [0.2, 0.25) is 0 Å². The molecule has 2 aromatic rings. The average Bonchev–Trinajstić information content (AvgIpc) is 2.73. The molecule has 106 valence electrons. The fourth-order valence-electron chi connectivity index (χ4n) is 1.72. The van der Waals surface area contributed by atoms with Gasteiger partial charge in [-0.1, -0.05) is 18.3 Å². The molecule has 0 saturated heterocycles. The zero-order valence-electron chi connectivity index (χ0n) is 11.0. The maximum absolute atomic E-state index is 12.0. The third-order valence-corrected chi connectivity index (χ3v) is 3.10. The molecule has 0 fully saturated rings. The van der Waals surface area contributed by atoms with Crippen LogP contribution in [0.5, 0.6) is 0 Å². The number of aromatic nitrogens is 3. The normalized spacial score (nSPS) is 10.7. The van der Waals surface area contributed by atoms with Gasteiger partial charge in [0.05, 0.1) is 4.99 Å². The van der Waals surface area contributed by atoms with Crippen molar-refractivity contribution < 1.29 is 4.79 Å². The van der Waals surface area contributed by atoms with Gasteiger partial charge >= 0.3 is 5.69 Å². The number of likely N-dealkylation sites (N-methyl/N-ethyl adjacent to an activating group) is 1. The second-order valence-corrected chi connectivity index (χ2v) is 4.93. The van der Waals surface area contributed by atoms with Crippen molar-refractivity contribution >= 4 is 28.8 Å². The third-order valence-electron chi connectivity index (χ3n) is 2.89. The van der Waals surface area contributed by atoms with E-state index in [0.717, 1.165) is 4.68 Å². The Balaban J connectivity index is 2.12. The first kappa shape index (κ1) is 14.2. The van der Waals surface area contributed by atoms with Crippen molar-refractivity contribution in [2.24, 2.45) is 5.73 Å². The van der Waals surface area contributed by atoms with E-state index in [0.29, 0.717) is 23.6 Å². The molecule has 7 nitrogen and oxygen atoms in total. The second-order valence-electron chi connectivity index (χ2n) is 4.40. The zero-order valence-corrected chi connectivity index (χ0v) is 11.8. The molecule has 0 aromatic carbocycles. The molecular weight excluding hydrogens is 278 g/mol. The van der Waals surface area contributed by atoms with Crippen LogP contribution in [-0.2, 0) is 11.3 Å². The Kier molecular flexibility index (Phi) is 4.14. The molecule has 1 amide bonds. The molecule has 0 saturated carbocycles. The number of carbonyl (C=O) groups is 1. The summed E-state index contributed by atoms with van der Waals surface area (Å²) >= 11 is 4.76. The summed E-state index contributed by atoms with van der Waals surface area (Å²) in [5.74, 6) is -0.216. The summed E-state index contributed by atoms with van der Waals surface area (Å²) < 4.78 is 2.54. The first-order chi connectivity index (χ1) is 9.49. The van der Waals surface area contributed by atoms with Gasteiger partial charge in [-0.25, -0.2) is 9.48 Å². The Bertz CT molecular complexity index is 705. The number of hydrogen-bond donors (Lipinski definition) is 1. The van der Waals surface area contributed by atoms with Gasteiger partial charge in [-0.05, 0) is 12.1 Å². The number of amides is 1. The van der Waals surface area contributed by atoms with Gasteiger partial charge in [-0.15, -0.1) is 5.10 Å². The summed E-state index contributed by atoms with van der Waals surface area (Å²) in [7, 11) is 1.64. The van der Waals surface area contributed by atoms with Crippen molar-refractivity contribution in [1.82, 2.24) is 19.1 Å². The van der Waals surface area contributed by atoms with E-state index in [9.17, 15) is 9.59 Å². The number of fused-ring (bicyclic) bond motifs is 1. The molecule has 0 radical (unpaired) electrons. The van der Waals surface area contributed by atoms with E-state index in [-0.39, 0.29) is 18.1 Å². The predicted octanol–water partition coefficient (Wildman–Crippen LogP) is -0.369. The van der Waals surface area contributed by atoms with Crippen molar-refractivity contribution in [1.29, 1.82) is 0 Å². The fraction of sp³-hybridized carbons (Fsp3) is 0.333. The largest absolute Gasteiger partial charge is 0.393 e. The lowest BCUT2D eigenvalue weighted by atomic mass is 10.4. The minimum absolute atomic E-state index is 0.103. The summed E-state index contributed by atoms with van der Waals surface area (Å²) in [5, 5.41) is 4.10. The van der Waals surface area contributed by atoms with Crippen LogP contribution in [0.25, 0.3) is 5.65 Å². The molecule has 0 aliphatic rings. The standard InChI is InChI=1S/C12H15N5O2S/c1-15(7-5-9(13)20)11(18)8-17-12(19)16-6-3-2-4-10(16)14-17/h2-4,6H,5,7-8H2,1H3,(H2,13,20). The molecule has 2 aromatic heterocycles. The SMILES string of the molecule is CN(CCC(N)=S)C(=O)Cn1nc2ccccn2c1=O. The summed E-state index contributed by atoms with van der Waals surface area (Å²) in [6.07, 6.45) is 2.07. The highest BCUT2D eigenvalue weighted by Gasteiger charge is 2.13. The van der Waals surface area contributed by atoms with Crippen molar-refractivity contribution in [3.8, 4) is 0 Å². The minimum atomic E-state index is -0.336. The molecule has 2 N–H and O–H groups in total. The quantitative estimate of drug-likeness (QED) is 0.760. The van der Waals surface area contributed by atoms with Crippen molar-refractivity contribution in [2.75, 3.05) is 13.6 Å². The highest BCUT2D eigenvalue weighted by Crippen LogP contribution is 1.96. The van der Waals surface area contributed by atoms with E-state index >= 15 is 0 Å². The van der Waals surface area contributed by atoms with Crippen LogP contribution in [0.3, 0.4) is 0 Å². The highest BCUT2D eigenvalue weighted by atomic mass is 32.1. The van der Waals surface area contributed by atoms with Gasteiger partial charge in [0, 0.05) is 26.2 Å². The van der Waals surface area contributed by atoms with Gasteiger partial charge in [0.15, 0.2) is 5.65 Å². The van der Waals surface area contributed by atoms with E-state index in [2.05, 4.69) is 5.10 Å². The molecule has 2 heterocycles. The van der Waals surface area contributed by atoms with Gasteiger partial charge < -0.3 is 10.6 Å². The van der Waals surface area contributed by atoms with Crippen molar-refractivity contribution in [2.45, 2.75) is 13.0 Å².